The van der Waals surface area contributed by atoms with Gasteiger partial charge in [-0.2, -0.15) is 0 Å². The zero-order valence-electron chi connectivity index (χ0n) is 11.3. The maximum Gasteiger partial charge on any atom is 0.130 e. The van der Waals surface area contributed by atoms with Crippen molar-refractivity contribution in [2.45, 2.75) is 59.8 Å². The number of carbonyl (C=O) groups is 1. The van der Waals surface area contributed by atoms with Crippen LogP contribution in [-0.2, 0) is 4.79 Å². The molecular weight excluding hydrogens is 196 g/mol. The predicted octanol–water partition coefficient (Wildman–Crippen LogP) is 4.68. The van der Waals surface area contributed by atoms with E-state index in [-0.39, 0.29) is 0 Å². The third-order valence-electron chi connectivity index (χ3n) is 2.73. The standard InChI is InChI=1S/C15H26O/c1-5-6-7-9-13(2)10-8-11-14(3)12-15(4)16/h5-6,10,14H,7-9,11-12H2,1-4H3/b6-5?,13-10+/t14-/m0/s1. The van der Waals surface area contributed by atoms with Crippen LogP contribution in [0.2, 0.25) is 0 Å². The number of hydrogen-bond acceptors (Lipinski definition) is 1. The summed E-state index contributed by atoms with van der Waals surface area (Å²) in [5, 5.41) is 0. The summed E-state index contributed by atoms with van der Waals surface area (Å²) >= 11 is 0. The van der Waals surface area contributed by atoms with Crippen molar-refractivity contribution in [2.75, 3.05) is 0 Å². The lowest BCUT2D eigenvalue weighted by molar-refractivity contribution is -0.117. The van der Waals surface area contributed by atoms with E-state index in [9.17, 15) is 4.79 Å². The minimum absolute atomic E-state index is 0.307. The van der Waals surface area contributed by atoms with Crippen LogP contribution in [0.3, 0.4) is 0 Å². The summed E-state index contributed by atoms with van der Waals surface area (Å²) in [4.78, 5) is 10.9. The minimum Gasteiger partial charge on any atom is -0.300 e. The number of rotatable bonds is 8. The summed E-state index contributed by atoms with van der Waals surface area (Å²) in [6, 6.07) is 0. The van der Waals surface area contributed by atoms with Gasteiger partial charge in [0.2, 0.25) is 0 Å². The van der Waals surface area contributed by atoms with Gasteiger partial charge in [-0.3, -0.25) is 0 Å². The van der Waals surface area contributed by atoms with Gasteiger partial charge >= 0.3 is 0 Å². The van der Waals surface area contributed by atoms with Crippen LogP contribution in [0.1, 0.15) is 59.8 Å². The lowest BCUT2D eigenvalue weighted by atomic mass is 9.98. The molecule has 0 amide bonds. The second-order valence-corrected chi connectivity index (χ2v) is 4.75. The second-order valence-electron chi connectivity index (χ2n) is 4.75. The van der Waals surface area contributed by atoms with E-state index in [1.165, 1.54) is 5.57 Å². The Morgan fingerprint density at radius 3 is 2.50 bits per heavy atom. The number of carbonyl (C=O) groups excluding carboxylic acids is 1. The molecule has 0 aliphatic rings. The monoisotopic (exact) mass is 222 g/mol. The van der Waals surface area contributed by atoms with Gasteiger partial charge in [-0.25, -0.2) is 0 Å². The zero-order chi connectivity index (χ0) is 12.4. The van der Waals surface area contributed by atoms with Gasteiger partial charge in [-0.15, -0.1) is 0 Å². The van der Waals surface area contributed by atoms with Crippen molar-refractivity contribution in [3.8, 4) is 0 Å². The molecule has 1 heteroatoms. The first-order chi connectivity index (χ1) is 7.56. The largest absolute Gasteiger partial charge is 0.300 e. The molecule has 1 nitrogen and oxygen atoms in total. The van der Waals surface area contributed by atoms with E-state index in [1.54, 1.807) is 6.92 Å². The summed E-state index contributed by atoms with van der Waals surface area (Å²) < 4.78 is 0. The number of Topliss-reactive ketones (excluding diaryl/α,β-unsaturated/α-hetero) is 1. The Kier molecular flexibility index (Phi) is 8.88. The molecule has 0 unspecified atom stereocenters. The molecule has 0 aliphatic heterocycles. The molecule has 1 atom stereocenters. The molecule has 0 radical (unpaired) electrons. The number of allylic oxidation sites excluding steroid dienone is 4. The molecule has 0 rings (SSSR count). The van der Waals surface area contributed by atoms with Crippen molar-refractivity contribution in [1.82, 2.24) is 0 Å². The van der Waals surface area contributed by atoms with Crippen LogP contribution in [0.5, 0.6) is 0 Å². The van der Waals surface area contributed by atoms with Gasteiger partial charge in [0.05, 0.1) is 0 Å². The van der Waals surface area contributed by atoms with Crippen LogP contribution < -0.4 is 0 Å². The minimum atomic E-state index is 0.307. The second kappa shape index (κ2) is 9.38. The molecule has 0 aromatic carbocycles. The van der Waals surface area contributed by atoms with Crippen LogP contribution in [0.4, 0.5) is 0 Å². The Morgan fingerprint density at radius 1 is 1.25 bits per heavy atom. The van der Waals surface area contributed by atoms with Crippen molar-refractivity contribution in [2.24, 2.45) is 5.92 Å². The average molecular weight is 222 g/mol. The number of ketones is 1. The quantitative estimate of drug-likeness (QED) is 0.545. The first kappa shape index (κ1) is 15.2. The van der Waals surface area contributed by atoms with E-state index < -0.39 is 0 Å². The average Bonchev–Trinajstić information content (AvgIpc) is 2.17. The molecule has 0 saturated carbocycles. The maximum atomic E-state index is 10.9. The summed E-state index contributed by atoms with van der Waals surface area (Å²) in [7, 11) is 0. The molecule has 0 saturated heterocycles. The molecule has 0 bridgehead atoms. The first-order valence-corrected chi connectivity index (χ1v) is 6.32. The van der Waals surface area contributed by atoms with Gasteiger partial charge in [0.1, 0.15) is 5.78 Å². The third kappa shape index (κ3) is 9.70. The predicted molar refractivity (Wildman–Crippen MR) is 71.5 cm³/mol. The topological polar surface area (TPSA) is 17.1 Å². The van der Waals surface area contributed by atoms with Crippen molar-refractivity contribution < 1.29 is 4.79 Å². The van der Waals surface area contributed by atoms with Gasteiger partial charge in [-0.1, -0.05) is 30.7 Å². The van der Waals surface area contributed by atoms with E-state index in [4.69, 9.17) is 0 Å². The summed E-state index contributed by atoms with van der Waals surface area (Å²) in [5.41, 5.74) is 1.47. The zero-order valence-corrected chi connectivity index (χ0v) is 11.3. The van der Waals surface area contributed by atoms with Crippen LogP contribution in [0.15, 0.2) is 23.8 Å². The molecule has 0 heterocycles. The molecule has 92 valence electrons. The van der Waals surface area contributed by atoms with Gasteiger partial charge in [0.15, 0.2) is 0 Å². The van der Waals surface area contributed by atoms with Crippen LogP contribution >= 0.6 is 0 Å². The van der Waals surface area contributed by atoms with Crippen molar-refractivity contribution in [3.63, 3.8) is 0 Å². The van der Waals surface area contributed by atoms with Gasteiger partial charge < -0.3 is 4.79 Å². The van der Waals surface area contributed by atoms with Gasteiger partial charge in [0, 0.05) is 6.42 Å². The van der Waals surface area contributed by atoms with Crippen molar-refractivity contribution in [1.29, 1.82) is 0 Å². The lowest BCUT2D eigenvalue weighted by Gasteiger charge is -2.07. The third-order valence-corrected chi connectivity index (χ3v) is 2.73. The smallest absolute Gasteiger partial charge is 0.130 e. The Hall–Kier alpha value is -0.850. The van der Waals surface area contributed by atoms with E-state index in [1.807, 2.05) is 0 Å². The van der Waals surface area contributed by atoms with E-state index in [0.29, 0.717) is 11.7 Å². The fourth-order valence-corrected chi connectivity index (χ4v) is 1.79. The SMILES string of the molecule is CC=CCC/C(C)=C/CC[C@H](C)CC(C)=O. The van der Waals surface area contributed by atoms with E-state index >= 15 is 0 Å². The Labute approximate surface area is 101 Å². The fourth-order valence-electron chi connectivity index (χ4n) is 1.79. The molecule has 16 heavy (non-hydrogen) atoms. The Morgan fingerprint density at radius 2 is 1.94 bits per heavy atom. The summed E-state index contributed by atoms with van der Waals surface area (Å²) in [6.07, 6.45) is 11.9. The van der Waals surface area contributed by atoms with Gasteiger partial charge in [0.25, 0.3) is 0 Å². The molecule has 0 N–H and O–H groups in total. The molecule has 0 aromatic heterocycles. The molecular formula is C15H26O. The van der Waals surface area contributed by atoms with Crippen LogP contribution in [0, 0.1) is 5.92 Å². The highest BCUT2D eigenvalue weighted by Gasteiger charge is 2.03. The molecule has 0 aromatic rings. The van der Waals surface area contributed by atoms with Gasteiger partial charge in [-0.05, 0) is 52.4 Å². The highest BCUT2D eigenvalue weighted by molar-refractivity contribution is 5.75. The normalized spacial score (nSPS) is 14.4. The number of hydrogen-bond donors (Lipinski definition) is 0. The lowest BCUT2D eigenvalue weighted by Crippen LogP contribution is -2.00. The van der Waals surface area contributed by atoms with Crippen molar-refractivity contribution >= 4 is 5.78 Å². The first-order valence-electron chi connectivity index (χ1n) is 6.32. The van der Waals surface area contributed by atoms with E-state index in [0.717, 1.165) is 32.1 Å². The van der Waals surface area contributed by atoms with Crippen LogP contribution in [-0.4, -0.2) is 5.78 Å². The molecule has 0 fully saturated rings. The fraction of sp³-hybridized carbons (Fsp3) is 0.667. The summed E-state index contributed by atoms with van der Waals surface area (Å²) in [6.45, 7) is 8.08. The van der Waals surface area contributed by atoms with E-state index in [2.05, 4.69) is 39.0 Å². The Bertz CT molecular complexity index is 248. The Balaban J connectivity index is 3.68. The highest BCUT2D eigenvalue weighted by atomic mass is 16.1. The van der Waals surface area contributed by atoms with Crippen molar-refractivity contribution in [3.05, 3.63) is 23.8 Å². The summed E-state index contributed by atoms with van der Waals surface area (Å²) in [5.74, 6) is 0.832. The maximum absolute atomic E-state index is 10.9. The molecule has 0 spiro atoms. The highest BCUT2D eigenvalue weighted by Crippen LogP contribution is 2.13. The molecule has 0 aliphatic carbocycles. The van der Waals surface area contributed by atoms with Crippen LogP contribution in [0.25, 0.3) is 0 Å².